The van der Waals surface area contributed by atoms with Crippen molar-refractivity contribution in [2.45, 2.75) is 20.3 Å². The number of thiophene rings is 1. The molecule has 0 unspecified atom stereocenters. The molecule has 0 aromatic carbocycles. The first-order valence-corrected chi connectivity index (χ1v) is 4.86. The van der Waals surface area contributed by atoms with Crippen LogP contribution in [0.3, 0.4) is 0 Å². The van der Waals surface area contributed by atoms with Crippen LogP contribution in [0.1, 0.15) is 23.1 Å². The SMILES string of the molecule is CC/C(=C\c1ccc(C)s1)[N+](=O)[O-]. The third-order valence-electron chi connectivity index (χ3n) is 1.67. The molecule has 0 radical (unpaired) electrons. The predicted molar refractivity (Wildman–Crippen MR) is 54.3 cm³/mol. The summed E-state index contributed by atoms with van der Waals surface area (Å²) in [6.07, 6.45) is 2.10. The van der Waals surface area contributed by atoms with Gasteiger partial charge in [0.25, 0.3) is 0 Å². The smallest absolute Gasteiger partial charge is 0.247 e. The van der Waals surface area contributed by atoms with Crippen LogP contribution in [-0.2, 0) is 0 Å². The summed E-state index contributed by atoms with van der Waals surface area (Å²) >= 11 is 1.57. The first kappa shape index (κ1) is 9.92. The number of aryl methyl sites for hydroxylation is 1. The van der Waals surface area contributed by atoms with Crippen molar-refractivity contribution >= 4 is 17.4 Å². The summed E-state index contributed by atoms with van der Waals surface area (Å²) < 4.78 is 0. The van der Waals surface area contributed by atoms with Crippen LogP contribution < -0.4 is 0 Å². The largest absolute Gasteiger partial charge is 0.259 e. The molecule has 0 atom stereocenters. The molecule has 0 bridgehead atoms. The van der Waals surface area contributed by atoms with Crippen LogP contribution in [0.5, 0.6) is 0 Å². The zero-order valence-electron chi connectivity index (χ0n) is 7.61. The average Bonchev–Trinajstić information content (AvgIpc) is 2.46. The van der Waals surface area contributed by atoms with E-state index in [2.05, 4.69) is 0 Å². The van der Waals surface area contributed by atoms with Crippen molar-refractivity contribution in [2.75, 3.05) is 0 Å². The van der Waals surface area contributed by atoms with E-state index in [0.717, 1.165) is 4.88 Å². The van der Waals surface area contributed by atoms with Crippen LogP contribution >= 0.6 is 11.3 Å². The molecule has 3 nitrogen and oxygen atoms in total. The molecule has 0 fully saturated rings. The Balaban J connectivity index is 2.91. The summed E-state index contributed by atoms with van der Waals surface area (Å²) in [6.45, 7) is 3.77. The molecule has 1 aromatic rings. The zero-order valence-corrected chi connectivity index (χ0v) is 8.43. The van der Waals surface area contributed by atoms with Gasteiger partial charge < -0.3 is 0 Å². The van der Waals surface area contributed by atoms with Crippen LogP contribution in [0.2, 0.25) is 0 Å². The van der Waals surface area contributed by atoms with Crippen LogP contribution in [-0.4, -0.2) is 4.92 Å². The normalized spacial score (nSPS) is 11.7. The van der Waals surface area contributed by atoms with E-state index in [4.69, 9.17) is 0 Å². The highest BCUT2D eigenvalue weighted by Gasteiger charge is 2.07. The summed E-state index contributed by atoms with van der Waals surface area (Å²) in [4.78, 5) is 12.3. The quantitative estimate of drug-likeness (QED) is 0.552. The van der Waals surface area contributed by atoms with E-state index in [9.17, 15) is 10.1 Å². The van der Waals surface area contributed by atoms with E-state index in [1.165, 1.54) is 4.88 Å². The molecular formula is C9H11NO2S. The van der Waals surface area contributed by atoms with Gasteiger partial charge in [0.1, 0.15) is 0 Å². The molecule has 70 valence electrons. The predicted octanol–water partition coefficient (Wildman–Crippen LogP) is 3.08. The Morgan fingerprint density at radius 2 is 2.38 bits per heavy atom. The van der Waals surface area contributed by atoms with Crippen LogP contribution in [0, 0.1) is 17.0 Å². The van der Waals surface area contributed by atoms with E-state index in [0.29, 0.717) is 6.42 Å². The van der Waals surface area contributed by atoms with Gasteiger partial charge in [-0.2, -0.15) is 0 Å². The van der Waals surface area contributed by atoms with Gasteiger partial charge in [-0.3, -0.25) is 10.1 Å². The topological polar surface area (TPSA) is 43.1 Å². The van der Waals surface area contributed by atoms with Crippen LogP contribution in [0.4, 0.5) is 0 Å². The minimum absolute atomic E-state index is 0.266. The molecule has 0 saturated carbocycles. The molecule has 1 rings (SSSR count). The Labute approximate surface area is 80.9 Å². The Morgan fingerprint density at radius 3 is 2.77 bits per heavy atom. The summed E-state index contributed by atoms with van der Waals surface area (Å²) in [5.41, 5.74) is 0.266. The average molecular weight is 197 g/mol. The maximum Gasteiger partial charge on any atom is 0.247 e. The molecule has 1 aromatic heterocycles. The summed E-state index contributed by atoms with van der Waals surface area (Å²) in [5, 5.41) is 10.5. The Morgan fingerprint density at radius 1 is 1.69 bits per heavy atom. The second-order valence-corrected chi connectivity index (χ2v) is 4.01. The van der Waals surface area contributed by atoms with Crippen molar-refractivity contribution in [3.05, 3.63) is 37.7 Å². The molecule has 0 aliphatic heterocycles. The Kier molecular flexibility index (Phi) is 3.19. The van der Waals surface area contributed by atoms with E-state index in [1.54, 1.807) is 24.3 Å². The standard InChI is InChI=1S/C9H11NO2S/c1-3-8(10(11)12)6-9-5-4-7(2)13-9/h4-6H,3H2,1-2H3/b8-6+. The molecule has 0 N–H and O–H groups in total. The Hall–Kier alpha value is -1.16. The van der Waals surface area contributed by atoms with Gasteiger partial charge in [-0.15, -0.1) is 11.3 Å². The minimum Gasteiger partial charge on any atom is -0.259 e. The third-order valence-corrected chi connectivity index (χ3v) is 2.61. The number of hydrogen-bond acceptors (Lipinski definition) is 3. The highest BCUT2D eigenvalue weighted by Crippen LogP contribution is 2.19. The monoisotopic (exact) mass is 197 g/mol. The highest BCUT2D eigenvalue weighted by atomic mass is 32.1. The number of nitro groups is 1. The molecule has 0 aliphatic carbocycles. The van der Waals surface area contributed by atoms with Crippen molar-refractivity contribution in [2.24, 2.45) is 0 Å². The van der Waals surface area contributed by atoms with Gasteiger partial charge in [-0.05, 0) is 19.1 Å². The summed E-state index contributed by atoms with van der Waals surface area (Å²) in [5.74, 6) is 0. The molecule has 0 spiro atoms. The second-order valence-electron chi connectivity index (χ2n) is 2.69. The minimum atomic E-state index is -0.324. The van der Waals surface area contributed by atoms with Gasteiger partial charge in [-0.25, -0.2) is 0 Å². The van der Waals surface area contributed by atoms with Crippen LogP contribution in [0.15, 0.2) is 17.8 Å². The van der Waals surface area contributed by atoms with Crippen LogP contribution in [0.25, 0.3) is 6.08 Å². The number of allylic oxidation sites excluding steroid dienone is 1. The molecule has 13 heavy (non-hydrogen) atoms. The zero-order chi connectivity index (χ0) is 9.84. The summed E-state index contributed by atoms with van der Waals surface area (Å²) in [6, 6.07) is 3.86. The fraction of sp³-hybridized carbons (Fsp3) is 0.333. The molecular weight excluding hydrogens is 186 g/mol. The maximum atomic E-state index is 10.5. The lowest BCUT2D eigenvalue weighted by molar-refractivity contribution is -0.425. The van der Waals surface area contributed by atoms with Gasteiger partial charge in [0.2, 0.25) is 5.70 Å². The molecule has 1 heterocycles. The molecule has 0 aliphatic rings. The lowest BCUT2D eigenvalue weighted by atomic mass is 10.3. The molecule has 0 saturated heterocycles. The van der Waals surface area contributed by atoms with E-state index in [1.807, 2.05) is 19.1 Å². The number of rotatable bonds is 3. The van der Waals surface area contributed by atoms with Crippen molar-refractivity contribution in [1.29, 1.82) is 0 Å². The van der Waals surface area contributed by atoms with Crippen molar-refractivity contribution in [3.63, 3.8) is 0 Å². The van der Waals surface area contributed by atoms with Crippen molar-refractivity contribution in [1.82, 2.24) is 0 Å². The van der Waals surface area contributed by atoms with E-state index >= 15 is 0 Å². The number of hydrogen-bond donors (Lipinski definition) is 0. The molecule has 0 amide bonds. The highest BCUT2D eigenvalue weighted by molar-refractivity contribution is 7.12. The van der Waals surface area contributed by atoms with Gasteiger partial charge in [0.05, 0.1) is 4.92 Å². The maximum absolute atomic E-state index is 10.5. The van der Waals surface area contributed by atoms with Crippen molar-refractivity contribution < 1.29 is 4.92 Å². The van der Waals surface area contributed by atoms with Gasteiger partial charge in [-0.1, -0.05) is 6.92 Å². The fourth-order valence-corrected chi connectivity index (χ4v) is 1.82. The van der Waals surface area contributed by atoms with E-state index < -0.39 is 0 Å². The Bertz CT molecular complexity index is 341. The number of nitrogens with zero attached hydrogens (tertiary/aromatic N) is 1. The van der Waals surface area contributed by atoms with Crippen molar-refractivity contribution in [3.8, 4) is 0 Å². The summed E-state index contributed by atoms with van der Waals surface area (Å²) in [7, 11) is 0. The van der Waals surface area contributed by atoms with Gasteiger partial charge >= 0.3 is 0 Å². The van der Waals surface area contributed by atoms with E-state index in [-0.39, 0.29) is 10.6 Å². The lowest BCUT2D eigenvalue weighted by Gasteiger charge is -1.91. The molecule has 4 heteroatoms. The lowest BCUT2D eigenvalue weighted by Crippen LogP contribution is -1.95. The van der Waals surface area contributed by atoms with Gasteiger partial charge in [0, 0.05) is 22.3 Å². The first-order valence-electron chi connectivity index (χ1n) is 4.05. The van der Waals surface area contributed by atoms with Gasteiger partial charge in [0.15, 0.2) is 0 Å². The third kappa shape index (κ3) is 2.66. The first-order chi connectivity index (χ1) is 6.13. The fourth-order valence-electron chi connectivity index (χ4n) is 0.979. The second kappa shape index (κ2) is 4.18.